The average Bonchev–Trinajstić information content (AvgIpc) is 3.32. The number of amides is 1. The van der Waals surface area contributed by atoms with E-state index in [1.807, 2.05) is 62.4 Å². The molecule has 0 saturated carbocycles. The third-order valence-corrected chi connectivity index (χ3v) is 6.43. The number of nitrogens with zero attached hydrogens (tertiary/aromatic N) is 4. The number of rotatable bonds is 7. The van der Waals surface area contributed by atoms with Crippen LogP contribution in [0, 0.1) is 12.3 Å². The summed E-state index contributed by atoms with van der Waals surface area (Å²) in [6.45, 7) is 4.81. The minimum Gasteiger partial charge on any atom is -0.490 e. The number of carbonyl (C=O) groups excluding carboxylic acids is 1. The first kappa shape index (κ1) is 23.5. The monoisotopic (exact) mass is 497 g/mol. The van der Waals surface area contributed by atoms with Crippen LogP contribution in [0.2, 0.25) is 0 Å². The lowest BCUT2D eigenvalue weighted by Gasteiger charge is -2.20. The zero-order chi connectivity index (χ0) is 25.1. The molecule has 0 saturated heterocycles. The molecule has 0 aliphatic carbocycles. The van der Waals surface area contributed by atoms with Gasteiger partial charge in [0.2, 0.25) is 5.17 Å². The van der Waals surface area contributed by atoms with E-state index in [1.165, 1.54) is 22.3 Å². The van der Waals surface area contributed by atoms with Crippen LogP contribution in [0.4, 0.5) is 0 Å². The van der Waals surface area contributed by atoms with Crippen LogP contribution in [0.1, 0.15) is 29.2 Å². The molecule has 2 aliphatic rings. The second-order valence-electron chi connectivity index (χ2n) is 8.07. The molecule has 2 aromatic carbocycles. The Morgan fingerprint density at radius 3 is 2.56 bits per heavy atom. The fourth-order valence-electron chi connectivity index (χ4n) is 3.62. The minimum absolute atomic E-state index is 0.0285. The molecular formula is C27H23N5O3S. The third-order valence-electron chi connectivity index (χ3n) is 5.48. The van der Waals surface area contributed by atoms with E-state index in [-0.39, 0.29) is 11.4 Å². The zero-order valence-electron chi connectivity index (χ0n) is 19.8. The number of amidine groups is 2. The van der Waals surface area contributed by atoms with Crippen molar-refractivity contribution in [2.75, 3.05) is 6.61 Å². The molecule has 3 heterocycles. The van der Waals surface area contributed by atoms with Gasteiger partial charge in [-0.2, -0.15) is 15.1 Å². The van der Waals surface area contributed by atoms with E-state index in [0.717, 1.165) is 11.1 Å². The Bertz CT molecular complexity index is 1420. The van der Waals surface area contributed by atoms with Crippen molar-refractivity contribution in [1.29, 1.82) is 5.41 Å². The Morgan fingerprint density at radius 2 is 1.81 bits per heavy atom. The van der Waals surface area contributed by atoms with Crippen LogP contribution >= 0.6 is 11.8 Å². The second-order valence-corrected chi connectivity index (χ2v) is 9.03. The number of carbonyl (C=O) groups is 1. The first-order chi connectivity index (χ1) is 17.5. The maximum atomic E-state index is 12.8. The van der Waals surface area contributed by atoms with Gasteiger partial charge in [-0.25, -0.2) is 0 Å². The second kappa shape index (κ2) is 10.2. The summed E-state index contributed by atoms with van der Waals surface area (Å²) in [5.74, 6) is 0.655. The van der Waals surface area contributed by atoms with Gasteiger partial charge >= 0.3 is 0 Å². The molecule has 8 nitrogen and oxygen atoms in total. The van der Waals surface area contributed by atoms with E-state index >= 15 is 0 Å². The van der Waals surface area contributed by atoms with Crippen LogP contribution in [0.15, 0.2) is 82.7 Å². The van der Waals surface area contributed by atoms with Gasteiger partial charge in [0.15, 0.2) is 17.3 Å². The molecule has 0 bridgehead atoms. The number of fused-ring (bicyclic) bond motifs is 1. The quantitative estimate of drug-likeness (QED) is 0.459. The molecule has 2 aliphatic heterocycles. The number of benzene rings is 2. The first-order valence-electron chi connectivity index (χ1n) is 11.4. The lowest BCUT2D eigenvalue weighted by Crippen LogP contribution is -2.35. The van der Waals surface area contributed by atoms with Crippen LogP contribution in [0.5, 0.6) is 11.5 Å². The largest absolute Gasteiger partial charge is 0.490 e. The Hall–Kier alpha value is -4.24. The standard InChI is InChI=1S/C27H23N5O3S/c1-3-34-23-15-19(8-9-22(23)35-16-18-6-4-17(2)5-7-18)14-21-24(28)32-27(30-25(21)33)36-26(31-32)20-10-12-29-13-11-20/h4-15,28H,3,16H2,1-2H3/b21-14+,28-24?. The number of aromatic nitrogens is 1. The highest BCUT2D eigenvalue weighted by Gasteiger charge is 2.36. The summed E-state index contributed by atoms with van der Waals surface area (Å²) in [6.07, 6.45) is 4.97. The van der Waals surface area contributed by atoms with Crippen molar-refractivity contribution in [1.82, 2.24) is 9.99 Å². The van der Waals surface area contributed by atoms with Gasteiger partial charge < -0.3 is 9.47 Å². The van der Waals surface area contributed by atoms with Crippen molar-refractivity contribution in [2.45, 2.75) is 20.5 Å². The minimum atomic E-state index is -0.484. The SMILES string of the molecule is CCOc1cc(/C=C2\C(=N)N3N=C(c4ccncc4)SC3=NC2=O)ccc1OCc1ccc(C)cc1. The lowest BCUT2D eigenvalue weighted by molar-refractivity contribution is -0.114. The highest BCUT2D eigenvalue weighted by Crippen LogP contribution is 2.33. The molecule has 0 atom stereocenters. The van der Waals surface area contributed by atoms with E-state index in [0.29, 0.717) is 40.5 Å². The molecule has 0 radical (unpaired) electrons. The predicted molar refractivity (Wildman–Crippen MR) is 141 cm³/mol. The fourth-order valence-corrected chi connectivity index (χ4v) is 4.51. The summed E-state index contributed by atoms with van der Waals surface area (Å²) in [7, 11) is 0. The van der Waals surface area contributed by atoms with Gasteiger partial charge in [0.25, 0.3) is 5.91 Å². The Kier molecular flexibility index (Phi) is 6.64. The van der Waals surface area contributed by atoms with Gasteiger partial charge in [-0.05, 0) is 67.1 Å². The molecule has 180 valence electrons. The van der Waals surface area contributed by atoms with E-state index in [9.17, 15) is 4.79 Å². The average molecular weight is 498 g/mol. The van der Waals surface area contributed by atoms with Crippen LogP contribution in [0.3, 0.4) is 0 Å². The molecule has 1 aromatic heterocycles. The third kappa shape index (κ3) is 4.92. The summed E-state index contributed by atoms with van der Waals surface area (Å²) < 4.78 is 11.8. The van der Waals surface area contributed by atoms with Gasteiger partial charge in [0.1, 0.15) is 11.7 Å². The van der Waals surface area contributed by atoms with Gasteiger partial charge in [-0.3, -0.25) is 15.2 Å². The molecule has 5 rings (SSSR count). The summed E-state index contributed by atoms with van der Waals surface area (Å²) >= 11 is 1.25. The summed E-state index contributed by atoms with van der Waals surface area (Å²) in [4.78, 5) is 21.0. The number of pyridine rings is 1. The molecule has 1 N–H and O–H groups in total. The predicted octanol–water partition coefficient (Wildman–Crippen LogP) is 5.04. The lowest BCUT2D eigenvalue weighted by atomic mass is 10.1. The van der Waals surface area contributed by atoms with E-state index in [4.69, 9.17) is 14.9 Å². The number of thioether (sulfide) groups is 1. The first-order valence-corrected chi connectivity index (χ1v) is 12.2. The van der Waals surface area contributed by atoms with Crippen LogP contribution in [-0.4, -0.2) is 38.6 Å². The number of hydrogen-bond donors (Lipinski definition) is 1. The van der Waals surface area contributed by atoms with Gasteiger partial charge in [0, 0.05) is 18.0 Å². The maximum absolute atomic E-state index is 12.8. The van der Waals surface area contributed by atoms with Crippen molar-refractivity contribution >= 4 is 39.8 Å². The highest BCUT2D eigenvalue weighted by molar-refractivity contribution is 8.27. The number of hydrazone groups is 1. The van der Waals surface area contributed by atoms with Crippen LogP contribution in [-0.2, 0) is 11.4 Å². The topological polar surface area (TPSA) is 100 Å². The Morgan fingerprint density at radius 1 is 1.03 bits per heavy atom. The number of nitrogens with one attached hydrogen (secondary N) is 1. The number of hydrogen-bond acceptors (Lipinski definition) is 7. The van der Waals surface area contributed by atoms with Crippen LogP contribution < -0.4 is 9.47 Å². The van der Waals surface area contributed by atoms with Crippen molar-refractivity contribution in [2.24, 2.45) is 10.1 Å². The number of ether oxygens (including phenoxy) is 2. The number of aryl methyl sites for hydroxylation is 1. The summed E-state index contributed by atoms with van der Waals surface area (Å²) in [5, 5.41) is 15.5. The Labute approximate surface area is 212 Å². The van der Waals surface area contributed by atoms with Crippen LogP contribution in [0.25, 0.3) is 6.08 Å². The smallest absolute Gasteiger partial charge is 0.283 e. The van der Waals surface area contributed by atoms with Gasteiger partial charge in [-0.1, -0.05) is 35.9 Å². The van der Waals surface area contributed by atoms with Gasteiger partial charge in [-0.15, -0.1) is 0 Å². The molecule has 36 heavy (non-hydrogen) atoms. The maximum Gasteiger partial charge on any atom is 0.283 e. The highest BCUT2D eigenvalue weighted by atomic mass is 32.2. The summed E-state index contributed by atoms with van der Waals surface area (Å²) in [5.41, 5.74) is 3.94. The molecule has 3 aromatic rings. The molecular weight excluding hydrogens is 474 g/mol. The Balaban J connectivity index is 1.38. The van der Waals surface area contributed by atoms with E-state index < -0.39 is 5.91 Å². The zero-order valence-corrected chi connectivity index (χ0v) is 20.6. The van der Waals surface area contributed by atoms with Gasteiger partial charge in [0.05, 0.1) is 12.2 Å². The molecule has 0 unspecified atom stereocenters. The van der Waals surface area contributed by atoms with Crippen molar-refractivity contribution < 1.29 is 14.3 Å². The molecule has 0 spiro atoms. The number of aliphatic imine (C=N–C) groups is 1. The normalized spacial score (nSPS) is 16.1. The van der Waals surface area contributed by atoms with Crippen molar-refractivity contribution in [3.63, 3.8) is 0 Å². The van der Waals surface area contributed by atoms with E-state index in [1.54, 1.807) is 24.5 Å². The van der Waals surface area contributed by atoms with Crippen molar-refractivity contribution in [3.8, 4) is 11.5 Å². The molecule has 1 amide bonds. The molecule has 0 fully saturated rings. The van der Waals surface area contributed by atoms with E-state index in [2.05, 4.69) is 15.1 Å². The molecule has 9 heteroatoms. The van der Waals surface area contributed by atoms with Crippen molar-refractivity contribution in [3.05, 3.63) is 94.8 Å². The fraction of sp³-hybridized carbons (Fsp3) is 0.148. The summed E-state index contributed by atoms with van der Waals surface area (Å²) in [6, 6.07) is 17.2.